The summed E-state index contributed by atoms with van der Waals surface area (Å²) in [6.07, 6.45) is 8.75. The molecule has 2 heteroatoms. The summed E-state index contributed by atoms with van der Waals surface area (Å²) in [5.74, 6) is 1.11. The van der Waals surface area contributed by atoms with E-state index in [9.17, 15) is 4.79 Å². The van der Waals surface area contributed by atoms with Crippen molar-refractivity contribution in [1.29, 1.82) is 0 Å². The van der Waals surface area contributed by atoms with E-state index in [1.165, 1.54) is 38.5 Å². The molecule has 4 saturated carbocycles. The molecule has 2 nitrogen and oxygen atoms in total. The number of amides is 1. The molecule has 20 heavy (non-hydrogen) atoms. The van der Waals surface area contributed by atoms with Gasteiger partial charge in [0, 0.05) is 13.0 Å². The van der Waals surface area contributed by atoms with Crippen LogP contribution in [0, 0.1) is 22.2 Å². The second-order valence-corrected chi connectivity index (χ2v) is 9.04. The minimum atomic E-state index is 0.238. The third-order valence-electron chi connectivity index (χ3n) is 5.86. The Bertz CT molecular complexity index is 434. The summed E-state index contributed by atoms with van der Waals surface area (Å²) in [6, 6.07) is 0. The SMILES string of the molecule is C=C(C)CNC(=O)CC12CC3CC(C)(CC(C)(C3)C1)C2. The predicted molar refractivity (Wildman–Crippen MR) is 82.3 cm³/mol. The van der Waals surface area contributed by atoms with Gasteiger partial charge in [-0.2, -0.15) is 0 Å². The highest BCUT2D eigenvalue weighted by Crippen LogP contribution is 2.70. The van der Waals surface area contributed by atoms with Crippen LogP contribution in [0.15, 0.2) is 12.2 Å². The number of hydrogen-bond acceptors (Lipinski definition) is 1. The van der Waals surface area contributed by atoms with E-state index in [0.29, 0.717) is 22.8 Å². The first-order valence-corrected chi connectivity index (χ1v) is 8.13. The molecule has 4 aliphatic carbocycles. The molecule has 4 bridgehead atoms. The van der Waals surface area contributed by atoms with E-state index >= 15 is 0 Å². The smallest absolute Gasteiger partial charge is 0.220 e. The third-order valence-corrected chi connectivity index (χ3v) is 5.86. The van der Waals surface area contributed by atoms with Crippen molar-refractivity contribution in [2.24, 2.45) is 22.2 Å². The van der Waals surface area contributed by atoms with Gasteiger partial charge in [0.15, 0.2) is 0 Å². The number of rotatable bonds is 4. The largest absolute Gasteiger partial charge is 0.352 e. The molecule has 0 aromatic carbocycles. The lowest BCUT2D eigenvalue weighted by Gasteiger charge is -2.65. The van der Waals surface area contributed by atoms with E-state index in [2.05, 4.69) is 25.7 Å². The lowest BCUT2D eigenvalue weighted by Crippen LogP contribution is -2.56. The van der Waals surface area contributed by atoms with Gasteiger partial charge < -0.3 is 5.32 Å². The molecule has 2 atom stereocenters. The molecular formula is C18H29NO. The molecule has 1 N–H and O–H groups in total. The van der Waals surface area contributed by atoms with Gasteiger partial charge in [0.1, 0.15) is 0 Å². The molecular weight excluding hydrogens is 246 g/mol. The zero-order valence-electron chi connectivity index (χ0n) is 13.3. The summed E-state index contributed by atoms with van der Waals surface area (Å²) in [4.78, 5) is 12.3. The molecule has 0 radical (unpaired) electrons. The van der Waals surface area contributed by atoms with Gasteiger partial charge in [-0.1, -0.05) is 26.0 Å². The number of nitrogens with one attached hydrogen (secondary N) is 1. The van der Waals surface area contributed by atoms with Gasteiger partial charge in [-0.3, -0.25) is 4.79 Å². The minimum Gasteiger partial charge on any atom is -0.352 e. The Hall–Kier alpha value is -0.790. The second kappa shape index (κ2) is 4.35. The summed E-state index contributed by atoms with van der Waals surface area (Å²) >= 11 is 0. The Morgan fingerprint density at radius 2 is 1.75 bits per heavy atom. The molecule has 0 heterocycles. The van der Waals surface area contributed by atoms with Crippen LogP contribution in [0.3, 0.4) is 0 Å². The molecule has 0 saturated heterocycles. The molecule has 112 valence electrons. The van der Waals surface area contributed by atoms with Gasteiger partial charge in [0.05, 0.1) is 0 Å². The van der Waals surface area contributed by atoms with Gasteiger partial charge in [-0.25, -0.2) is 0 Å². The Balaban J connectivity index is 1.72. The molecule has 4 rings (SSSR count). The van der Waals surface area contributed by atoms with E-state index in [1.807, 2.05) is 6.92 Å². The van der Waals surface area contributed by atoms with Gasteiger partial charge in [0.25, 0.3) is 0 Å². The predicted octanol–water partition coefficient (Wildman–Crippen LogP) is 4.07. The van der Waals surface area contributed by atoms with Crippen molar-refractivity contribution in [1.82, 2.24) is 5.32 Å². The zero-order chi connectivity index (χ0) is 14.6. The molecule has 0 aromatic rings. The van der Waals surface area contributed by atoms with Crippen molar-refractivity contribution < 1.29 is 4.79 Å². The number of carbonyl (C=O) groups is 1. The quantitative estimate of drug-likeness (QED) is 0.770. The van der Waals surface area contributed by atoms with Crippen molar-refractivity contribution in [3.63, 3.8) is 0 Å². The Morgan fingerprint density at radius 1 is 1.15 bits per heavy atom. The van der Waals surface area contributed by atoms with E-state index in [1.54, 1.807) is 0 Å². The maximum absolute atomic E-state index is 12.3. The van der Waals surface area contributed by atoms with Crippen LogP contribution in [0.1, 0.15) is 65.7 Å². The molecule has 0 spiro atoms. The van der Waals surface area contributed by atoms with Gasteiger partial charge >= 0.3 is 0 Å². The average molecular weight is 275 g/mol. The van der Waals surface area contributed by atoms with Crippen LogP contribution in [0.2, 0.25) is 0 Å². The van der Waals surface area contributed by atoms with Gasteiger partial charge in [-0.15, -0.1) is 0 Å². The number of hydrogen-bond donors (Lipinski definition) is 1. The fraction of sp³-hybridized carbons (Fsp3) is 0.833. The van der Waals surface area contributed by atoms with Crippen LogP contribution >= 0.6 is 0 Å². The highest BCUT2D eigenvalue weighted by molar-refractivity contribution is 5.77. The first kappa shape index (κ1) is 14.2. The fourth-order valence-electron chi connectivity index (χ4n) is 6.53. The van der Waals surface area contributed by atoms with Crippen LogP contribution in [0.5, 0.6) is 0 Å². The van der Waals surface area contributed by atoms with Crippen LogP contribution in [0.25, 0.3) is 0 Å². The third kappa shape index (κ3) is 2.54. The second-order valence-electron chi connectivity index (χ2n) is 9.04. The number of carbonyl (C=O) groups excluding carboxylic acids is 1. The van der Waals surface area contributed by atoms with Crippen LogP contribution in [-0.2, 0) is 4.79 Å². The Labute approximate surface area is 123 Å². The lowest BCUT2D eigenvalue weighted by atomic mass is 9.40. The fourth-order valence-corrected chi connectivity index (χ4v) is 6.53. The highest BCUT2D eigenvalue weighted by Gasteiger charge is 2.60. The van der Waals surface area contributed by atoms with Crippen LogP contribution in [-0.4, -0.2) is 12.5 Å². The van der Waals surface area contributed by atoms with E-state index in [4.69, 9.17) is 0 Å². The molecule has 2 unspecified atom stereocenters. The summed E-state index contributed by atoms with van der Waals surface area (Å²) < 4.78 is 0. The first-order chi connectivity index (χ1) is 9.22. The first-order valence-electron chi connectivity index (χ1n) is 8.13. The van der Waals surface area contributed by atoms with Crippen LogP contribution < -0.4 is 5.32 Å². The molecule has 0 aliphatic heterocycles. The maximum atomic E-state index is 12.3. The monoisotopic (exact) mass is 275 g/mol. The maximum Gasteiger partial charge on any atom is 0.220 e. The van der Waals surface area contributed by atoms with Crippen molar-refractivity contribution in [2.75, 3.05) is 6.54 Å². The Morgan fingerprint density at radius 3 is 2.25 bits per heavy atom. The molecule has 4 fully saturated rings. The van der Waals surface area contributed by atoms with E-state index < -0.39 is 0 Å². The normalized spacial score (nSPS) is 45.5. The van der Waals surface area contributed by atoms with Gasteiger partial charge in [0.2, 0.25) is 5.91 Å². The standard InChI is InChI=1S/C18H29NO/c1-13(2)9-19-15(20)8-18-7-14-5-16(3,11-18)10-17(4,6-14)12-18/h14H,1,5-12H2,2-4H3,(H,19,20). The summed E-state index contributed by atoms with van der Waals surface area (Å²) in [6.45, 7) is 11.4. The Kier molecular flexibility index (Phi) is 3.08. The lowest BCUT2D eigenvalue weighted by molar-refractivity contribution is -0.155. The summed E-state index contributed by atoms with van der Waals surface area (Å²) in [7, 11) is 0. The van der Waals surface area contributed by atoms with Crippen molar-refractivity contribution in [3.8, 4) is 0 Å². The summed E-state index contributed by atoms with van der Waals surface area (Å²) in [5, 5.41) is 3.04. The van der Waals surface area contributed by atoms with Crippen LogP contribution in [0.4, 0.5) is 0 Å². The highest BCUT2D eigenvalue weighted by atomic mass is 16.1. The van der Waals surface area contributed by atoms with Crippen molar-refractivity contribution in [3.05, 3.63) is 12.2 Å². The molecule has 0 aromatic heterocycles. The molecule has 4 aliphatic rings. The topological polar surface area (TPSA) is 29.1 Å². The van der Waals surface area contributed by atoms with E-state index in [-0.39, 0.29) is 5.91 Å². The average Bonchev–Trinajstić information content (AvgIpc) is 2.20. The minimum absolute atomic E-state index is 0.238. The zero-order valence-corrected chi connectivity index (χ0v) is 13.3. The van der Waals surface area contributed by atoms with Gasteiger partial charge in [-0.05, 0) is 67.6 Å². The van der Waals surface area contributed by atoms with Crippen molar-refractivity contribution in [2.45, 2.75) is 65.7 Å². The summed E-state index contributed by atoms with van der Waals surface area (Å²) in [5.41, 5.74) is 2.33. The van der Waals surface area contributed by atoms with E-state index in [0.717, 1.165) is 17.9 Å². The molecule has 1 amide bonds. The van der Waals surface area contributed by atoms with Crippen molar-refractivity contribution >= 4 is 5.91 Å².